The number of fused-ring (bicyclic) bond motifs is 1. The van der Waals surface area contributed by atoms with Crippen LogP contribution >= 0.6 is 0 Å². The van der Waals surface area contributed by atoms with Gasteiger partial charge in [-0.05, 0) is 19.1 Å². The number of hydrogen-bond donors (Lipinski definition) is 1. The van der Waals surface area contributed by atoms with Crippen molar-refractivity contribution in [2.45, 2.75) is 13.3 Å². The summed E-state index contributed by atoms with van der Waals surface area (Å²) in [5.41, 5.74) is 8.41. The van der Waals surface area contributed by atoms with Gasteiger partial charge in [0.15, 0.2) is 0 Å². The Balaban J connectivity index is 2.04. The highest BCUT2D eigenvalue weighted by Crippen LogP contribution is 2.26. The SMILES string of the molecule is Cc1cc2cccc(N)c2n1C(=O)CC1COC1. The quantitative estimate of drug-likeness (QED) is 0.824. The van der Waals surface area contributed by atoms with Crippen LogP contribution in [0.25, 0.3) is 10.9 Å². The van der Waals surface area contributed by atoms with E-state index in [1.54, 1.807) is 4.57 Å². The minimum atomic E-state index is 0.105. The molecule has 2 N–H and O–H groups in total. The maximum atomic E-state index is 12.3. The molecule has 0 unspecified atom stereocenters. The summed E-state index contributed by atoms with van der Waals surface area (Å²) in [6, 6.07) is 7.72. The fraction of sp³-hybridized carbons (Fsp3) is 0.357. The molecule has 1 saturated heterocycles. The van der Waals surface area contributed by atoms with Gasteiger partial charge in [0.05, 0.1) is 24.4 Å². The molecule has 0 saturated carbocycles. The molecule has 0 amide bonds. The van der Waals surface area contributed by atoms with Crippen molar-refractivity contribution in [3.05, 3.63) is 30.0 Å². The number of nitrogen functional groups attached to an aromatic ring is 1. The third-order valence-electron chi connectivity index (χ3n) is 3.46. The lowest BCUT2D eigenvalue weighted by molar-refractivity contribution is -0.0332. The van der Waals surface area contributed by atoms with Crippen molar-refractivity contribution in [2.75, 3.05) is 18.9 Å². The zero-order valence-corrected chi connectivity index (χ0v) is 10.3. The number of aryl methyl sites for hydroxylation is 1. The van der Waals surface area contributed by atoms with E-state index in [2.05, 4.69) is 0 Å². The molecule has 0 radical (unpaired) electrons. The van der Waals surface area contributed by atoms with Gasteiger partial charge in [0.25, 0.3) is 0 Å². The predicted octanol–water partition coefficient (Wildman–Crippen LogP) is 2.21. The van der Waals surface area contributed by atoms with Crippen molar-refractivity contribution in [1.29, 1.82) is 0 Å². The Labute approximate surface area is 105 Å². The Morgan fingerprint density at radius 2 is 2.28 bits per heavy atom. The number of benzene rings is 1. The minimum absolute atomic E-state index is 0.105. The summed E-state index contributed by atoms with van der Waals surface area (Å²) in [6.07, 6.45) is 0.527. The van der Waals surface area contributed by atoms with Crippen LogP contribution in [0, 0.1) is 12.8 Å². The van der Waals surface area contributed by atoms with Gasteiger partial charge in [-0.15, -0.1) is 0 Å². The van der Waals surface area contributed by atoms with Gasteiger partial charge in [0.2, 0.25) is 5.91 Å². The molecule has 0 bridgehead atoms. The Morgan fingerprint density at radius 3 is 2.94 bits per heavy atom. The van der Waals surface area contributed by atoms with Crippen molar-refractivity contribution < 1.29 is 9.53 Å². The van der Waals surface area contributed by atoms with E-state index in [4.69, 9.17) is 10.5 Å². The smallest absolute Gasteiger partial charge is 0.231 e. The molecule has 1 aromatic heterocycles. The highest BCUT2D eigenvalue weighted by Gasteiger charge is 2.24. The monoisotopic (exact) mass is 244 g/mol. The van der Waals surface area contributed by atoms with Crippen LogP contribution in [0.5, 0.6) is 0 Å². The minimum Gasteiger partial charge on any atom is -0.397 e. The molecule has 0 spiro atoms. The van der Waals surface area contributed by atoms with E-state index >= 15 is 0 Å². The van der Waals surface area contributed by atoms with Crippen LogP contribution in [-0.4, -0.2) is 23.7 Å². The van der Waals surface area contributed by atoms with Gasteiger partial charge < -0.3 is 10.5 Å². The molecule has 1 aliphatic heterocycles. The van der Waals surface area contributed by atoms with Crippen LogP contribution in [0.2, 0.25) is 0 Å². The Kier molecular flexibility index (Phi) is 2.59. The maximum absolute atomic E-state index is 12.3. The van der Waals surface area contributed by atoms with Gasteiger partial charge in [-0.25, -0.2) is 0 Å². The molecule has 0 atom stereocenters. The Hall–Kier alpha value is -1.81. The van der Waals surface area contributed by atoms with Gasteiger partial charge in [0, 0.05) is 23.4 Å². The average Bonchev–Trinajstić information content (AvgIpc) is 2.61. The second-order valence-electron chi connectivity index (χ2n) is 4.91. The molecular weight excluding hydrogens is 228 g/mol. The summed E-state index contributed by atoms with van der Waals surface area (Å²) in [5, 5.41) is 1.02. The number of anilines is 1. The molecule has 1 fully saturated rings. The number of nitrogens with zero attached hydrogens (tertiary/aromatic N) is 1. The summed E-state index contributed by atoms with van der Waals surface area (Å²) >= 11 is 0. The van der Waals surface area contributed by atoms with Crippen molar-refractivity contribution in [2.24, 2.45) is 5.92 Å². The fourth-order valence-electron chi connectivity index (χ4n) is 2.48. The number of carbonyl (C=O) groups excluding carboxylic acids is 1. The Bertz CT molecular complexity index is 612. The predicted molar refractivity (Wildman–Crippen MR) is 70.6 cm³/mol. The summed E-state index contributed by atoms with van der Waals surface area (Å²) in [6.45, 7) is 3.33. The van der Waals surface area contributed by atoms with Gasteiger partial charge in [-0.3, -0.25) is 9.36 Å². The van der Waals surface area contributed by atoms with Gasteiger partial charge in [0.1, 0.15) is 0 Å². The van der Waals surface area contributed by atoms with Crippen LogP contribution in [-0.2, 0) is 4.74 Å². The molecule has 2 aromatic rings. The molecule has 4 nitrogen and oxygen atoms in total. The van der Waals surface area contributed by atoms with E-state index in [1.165, 1.54) is 0 Å². The van der Waals surface area contributed by atoms with Crippen molar-refractivity contribution >= 4 is 22.5 Å². The second kappa shape index (κ2) is 4.14. The molecule has 94 valence electrons. The van der Waals surface area contributed by atoms with Crippen LogP contribution in [0.4, 0.5) is 5.69 Å². The van der Waals surface area contributed by atoms with E-state index in [1.807, 2.05) is 31.2 Å². The average molecular weight is 244 g/mol. The number of nitrogens with two attached hydrogens (primary N) is 1. The third kappa shape index (κ3) is 1.69. The van der Waals surface area contributed by atoms with Crippen LogP contribution < -0.4 is 5.73 Å². The van der Waals surface area contributed by atoms with Crippen LogP contribution in [0.3, 0.4) is 0 Å². The lowest BCUT2D eigenvalue weighted by Gasteiger charge is -2.25. The molecule has 1 aromatic carbocycles. The van der Waals surface area contributed by atoms with Crippen molar-refractivity contribution in [1.82, 2.24) is 4.57 Å². The number of rotatable bonds is 2. The van der Waals surface area contributed by atoms with Gasteiger partial charge >= 0.3 is 0 Å². The largest absolute Gasteiger partial charge is 0.397 e. The first kappa shape index (κ1) is 11.3. The van der Waals surface area contributed by atoms with E-state index in [0.717, 1.165) is 16.6 Å². The normalized spacial score (nSPS) is 15.8. The topological polar surface area (TPSA) is 57.2 Å². The first-order chi connectivity index (χ1) is 8.66. The van der Waals surface area contributed by atoms with Crippen LogP contribution in [0.1, 0.15) is 16.9 Å². The highest BCUT2D eigenvalue weighted by atomic mass is 16.5. The lowest BCUT2D eigenvalue weighted by atomic mass is 10.0. The zero-order valence-electron chi connectivity index (χ0n) is 10.3. The summed E-state index contributed by atoms with van der Waals surface area (Å²) < 4.78 is 6.85. The highest BCUT2D eigenvalue weighted by molar-refractivity contribution is 5.99. The number of carbonyl (C=O) groups is 1. The van der Waals surface area contributed by atoms with Crippen LogP contribution in [0.15, 0.2) is 24.3 Å². The van der Waals surface area contributed by atoms with Crippen molar-refractivity contribution in [3.8, 4) is 0 Å². The number of aromatic nitrogens is 1. The fourth-order valence-corrected chi connectivity index (χ4v) is 2.48. The van der Waals surface area contributed by atoms with E-state index in [9.17, 15) is 4.79 Å². The van der Waals surface area contributed by atoms with Gasteiger partial charge in [-0.2, -0.15) is 0 Å². The third-order valence-corrected chi connectivity index (χ3v) is 3.46. The molecule has 1 aliphatic rings. The van der Waals surface area contributed by atoms with Gasteiger partial charge in [-0.1, -0.05) is 12.1 Å². The van der Waals surface area contributed by atoms with Crippen molar-refractivity contribution in [3.63, 3.8) is 0 Å². The summed E-state index contributed by atoms with van der Waals surface area (Å²) in [4.78, 5) is 12.3. The summed E-state index contributed by atoms with van der Waals surface area (Å²) in [5.74, 6) is 0.466. The van der Waals surface area contributed by atoms with E-state index in [0.29, 0.717) is 31.2 Å². The lowest BCUT2D eigenvalue weighted by Crippen LogP contribution is -2.31. The maximum Gasteiger partial charge on any atom is 0.231 e. The van der Waals surface area contributed by atoms with E-state index in [-0.39, 0.29) is 5.91 Å². The Morgan fingerprint density at radius 1 is 1.50 bits per heavy atom. The molecule has 2 heterocycles. The number of ether oxygens (including phenoxy) is 1. The molecule has 0 aliphatic carbocycles. The van der Waals surface area contributed by atoms with E-state index < -0.39 is 0 Å². The molecular formula is C14H16N2O2. The zero-order chi connectivity index (χ0) is 12.7. The number of para-hydroxylation sites is 1. The first-order valence-electron chi connectivity index (χ1n) is 6.14. The molecule has 4 heteroatoms. The molecule has 3 rings (SSSR count). The second-order valence-corrected chi connectivity index (χ2v) is 4.91. The number of hydrogen-bond acceptors (Lipinski definition) is 3. The first-order valence-corrected chi connectivity index (χ1v) is 6.14. The standard InChI is InChI=1S/C14H16N2O2/c1-9-5-11-3-2-4-12(15)14(11)16(9)13(17)6-10-7-18-8-10/h2-5,10H,6-8,15H2,1H3. The molecule has 18 heavy (non-hydrogen) atoms. The summed E-state index contributed by atoms with van der Waals surface area (Å²) in [7, 11) is 0.